The van der Waals surface area contributed by atoms with Gasteiger partial charge in [-0.3, -0.25) is 10.1 Å². The van der Waals surface area contributed by atoms with Crippen LogP contribution in [0.15, 0.2) is 18.2 Å². The van der Waals surface area contributed by atoms with Crippen LogP contribution in [0.4, 0.5) is 5.69 Å². The topological polar surface area (TPSA) is 61.0 Å². The summed E-state index contributed by atoms with van der Waals surface area (Å²) in [5.41, 5.74) is 1.72. The van der Waals surface area contributed by atoms with Crippen LogP contribution in [-0.4, -0.2) is 14.7 Å². The number of aryl methyl sites for hydroxylation is 1. The molecule has 2 rings (SSSR count). The Morgan fingerprint density at radius 2 is 2.00 bits per heavy atom. The molecule has 2 aromatic rings. The fraction of sp³-hybridized carbons (Fsp3) is 0.308. The number of benzene rings is 1. The first kappa shape index (κ1) is 14.8. The first-order valence-electron chi connectivity index (χ1n) is 6.02. The first-order chi connectivity index (χ1) is 9.32. The van der Waals surface area contributed by atoms with Crippen molar-refractivity contribution in [2.24, 2.45) is 0 Å². The Labute approximate surface area is 126 Å². The molecule has 0 N–H and O–H groups in total. The van der Waals surface area contributed by atoms with Crippen molar-refractivity contribution in [1.82, 2.24) is 9.78 Å². The molecule has 106 valence electrons. The van der Waals surface area contributed by atoms with E-state index in [1.54, 1.807) is 12.1 Å². The summed E-state index contributed by atoms with van der Waals surface area (Å²) in [5, 5.41) is 16.0. The van der Waals surface area contributed by atoms with Crippen molar-refractivity contribution in [3.63, 3.8) is 0 Å². The first-order valence-corrected chi connectivity index (χ1v) is 6.77. The predicted molar refractivity (Wildman–Crippen MR) is 79.1 cm³/mol. The summed E-state index contributed by atoms with van der Waals surface area (Å²) in [4.78, 5) is 10.7. The highest BCUT2D eigenvalue weighted by Crippen LogP contribution is 2.35. The number of nitrogens with zero attached hydrogens (tertiary/aromatic N) is 3. The molecule has 0 aliphatic heterocycles. The maximum Gasteiger partial charge on any atom is 0.329 e. The highest BCUT2D eigenvalue weighted by molar-refractivity contribution is 6.32. The second-order valence-electron chi connectivity index (χ2n) is 4.78. The van der Waals surface area contributed by atoms with Gasteiger partial charge >= 0.3 is 5.69 Å². The van der Waals surface area contributed by atoms with E-state index in [0.717, 1.165) is 5.56 Å². The summed E-state index contributed by atoms with van der Waals surface area (Å²) in [6.07, 6.45) is 0. The molecule has 7 heteroatoms. The molecule has 0 spiro atoms. The molecule has 0 atom stereocenters. The van der Waals surface area contributed by atoms with Crippen LogP contribution < -0.4 is 0 Å². The molecule has 0 saturated carbocycles. The van der Waals surface area contributed by atoms with Crippen LogP contribution in [0.5, 0.6) is 0 Å². The zero-order chi connectivity index (χ0) is 15.0. The Bertz CT molecular complexity index is 680. The average molecular weight is 314 g/mol. The van der Waals surface area contributed by atoms with Crippen molar-refractivity contribution in [3.05, 3.63) is 49.7 Å². The Balaban J connectivity index is 2.66. The molecule has 0 fully saturated rings. The van der Waals surface area contributed by atoms with Gasteiger partial charge in [0.15, 0.2) is 0 Å². The summed E-state index contributed by atoms with van der Waals surface area (Å²) < 4.78 is 1.35. The number of halogens is 2. The Morgan fingerprint density at radius 3 is 2.45 bits per heavy atom. The van der Waals surface area contributed by atoms with Gasteiger partial charge in [0.05, 0.1) is 10.6 Å². The molecule has 0 bridgehead atoms. The van der Waals surface area contributed by atoms with E-state index in [4.69, 9.17) is 23.2 Å². The van der Waals surface area contributed by atoms with Gasteiger partial charge in [-0.25, -0.2) is 4.68 Å². The quantitative estimate of drug-likeness (QED) is 0.618. The van der Waals surface area contributed by atoms with Crippen LogP contribution in [0.1, 0.15) is 31.0 Å². The standard InChI is InChI=1S/C13H13Cl2N3O2/c1-7(2)11-12(18(19)20)13(15)17(16-11)9-5-4-8(3)10(14)6-9/h4-7H,1-3H3. The van der Waals surface area contributed by atoms with Crippen LogP contribution in [0, 0.1) is 17.0 Å². The van der Waals surface area contributed by atoms with Gasteiger partial charge in [-0.1, -0.05) is 43.1 Å². The fourth-order valence-electron chi connectivity index (χ4n) is 1.85. The lowest BCUT2D eigenvalue weighted by Crippen LogP contribution is -1.98. The van der Waals surface area contributed by atoms with E-state index in [2.05, 4.69) is 5.10 Å². The van der Waals surface area contributed by atoms with Gasteiger partial charge in [0.1, 0.15) is 5.69 Å². The van der Waals surface area contributed by atoms with E-state index >= 15 is 0 Å². The van der Waals surface area contributed by atoms with Crippen molar-refractivity contribution in [2.45, 2.75) is 26.7 Å². The van der Waals surface area contributed by atoms with E-state index in [1.807, 2.05) is 26.8 Å². The second-order valence-corrected chi connectivity index (χ2v) is 5.55. The number of nitro groups is 1. The number of hydrogen-bond donors (Lipinski definition) is 0. The summed E-state index contributed by atoms with van der Waals surface area (Å²) in [6.45, 7) is 5.54. The van der Waals surface area contributed by atoms with E-state index in [1.165, 1.54) is 4.68 Å². The molecule has 0 aliphatic rings. The van der Waals surface area contributed by atoms with E-state index in [9.17, 15) is 10.1 Å². The third-order valence-electron chi connectivity index (χ3n) is 2.96. The van der Waals surface area contributed by atoms with E-state index < -0.39 is 4.92 Å². The molecule has 0 unspecified atom stereocenters. The Kier molecular flexibility index (Phi) is 4.01. The highest BCUT2D eigenvalue weighted by atomic mass is 35.5. The maximum absolute atomic E-state index is 11.2. The maximum atomic E-state index is 11.2. The molecule has 0 amide bonds. The lowest BCUT2D eigenvalue weighted by atomic mass is 10.1. The third kappa shape index (κ3) is 2.51. The Morgan fingerprint density at radius 1 is 1.35 bits per heavy atom. The zero-order valence-electron chi connectivity index (χ0n) is 11.2. The zero-order valence-corrected chi connectivity index (χ0v) is 12.7. The summed E-state index contributed by atoms with van der Waals surface area (Å²) in [5.74, 6) is -0.102. The van der Waals surface area contributed by atoms with Crippen LogP contribution >= 0.6 is 23.2 Å². The van der Waals surface area contributed by atoms with Crippen molar-refractivity contribution in [3.8, 4) is 5.69 Å². The van der Waals surface area contributed by atoms with Crippen molar-refractivity contribution in [2.75, 3.05) is 0 Å². The number of rotatable bonds is 3. The second kappa shape index (κ2) is 5.42. The lowest BCUT2D eigenvalue weighted by Gasteiger charge is -2.04. The molecule has 1 aromatic carbocycles. The molecular formula is C13H13Cl2N3O2. The van der Waals surface area contributed by atoms with Gasteiger partial charge in [0.25, 0.3) is 0 Å². The predicted octanol–water partition coefficient (Wildman–Crippen LogP) is 4.52. The molecule has 1 heterocycles. The monoisotopic (exact) mass is 313 g/mol. The Hall–Kier alpha value is -1.59. The van der Waals surface area contributed by atoms with Gasteiger partial charge in [-0.2, -0.15) is 5.10 Å². The molecule has 0 saturated heterocycles. The molecule has 0 aliphatic carbocycles. The molecular weight excluding hydrogens is 301 g/mol. The molecule has 0 radical (unpaired) electrons. The fourth-order valence-corrected chi connectivity index (χ4v) is 2.32. The smallest absolute Gasteiger partial charge is 0.258 e. The summed E-state index contributed by atoms with van der Waals surface area (Å²) >= 11 is 12.2. The van der Waals surface area contributed by atoms with Crippen LogP contribution in [0.25, 0.3) is 5.69 Å². The largest absolute Gasteiger partial charge is 0.329 e. The van der Waals surface area contributed by atoms with Crippen LogP contribution in [0.2, 0.25) is 10.2 Å². The number of aromatic nitrogens is 2. The minimum Gasteiger partial charge on any atom is -0.258 e. The third-order valence-corrected chi connectivity index (χ3v) is 3.71. The molecule has 5 nitrogen and oxygen atoms in total. The van der Waals surface area contributed by atoms with Gasteiger partial charge < -0.3 is 0 Å². The lowest BCUT2D eigenvalue weighted by molar-refractivity contribution is -0.385. The SMILES string of the molecule is Cc1ccc(-n2nc(C(C)C)c([N+](=O)[O-])c2Cl)cc1Cl. The summed E-state index contributed by atoms with van der Waals surface area (Å²) in [6, 6.07) is 5.27. The number of hydrogen-bond acceptors (Lipinski definition) is 3. The van der Waals surface area contributed by atoms with Crippen molar-refractivity contribution < 1.29 is 4.92 Å². The van der Waals surface area contributed by atoms with Gasteiger partial charge in [-0.15, -0.1) is 0 Å². The minimum atomic E-state index is -0.503. The van der Waals surface area contributed by atoms with Crippen LogP contribution in [0.3, 0.4) is 0 Å². The van der Waals surface area contributed by atoms with Crippen molar-refractivity contribution >= 4 is 28.9 Å². The van der Waals surface area contributed by atoms with Crippen molar-refractivity contribution in [1.29, 1.82) is 0 Å². The average Bonchev–Trinajstić information content (AvgIpc) is 2.71. The minimum absolute atomic E-state index is 0.0152. The van der Waals surface area contributed by atoms with E-state index in [0.29, 0.717) is 16.4 Å². The highest BCUT2D eigenvalue weighted by Gasteiger charge is 2.29. The summed E-state index contributed by atoms with van der Waals surface area (Å²) in [7, 11) is 0. The molecule has 1 aromatic heterocycles. The van der Waals surface area contributed by atoms with Gasteiger partial charge in [0.2, 0.25) is 5.15 Å². The normalized spacial score (nSPS) is 11.1. The molecule has 20 heavy (non-hydrogen) atoms. The van der Waals surface area contributed by atoms with Gasteiger partial charge in [0, 0.05) is 10.9 Å². The van der Waals surface area contributed by atoms with Crippen LogP contribution in [-0.2, 0) is 0 Å². The van der Waals surface area contributed by atoms with Gasteiger partial charge in [-0.05, 0) is 24.6 Å². The van der Waals surface area contributed by atoms with E-state index in [-0.39, 0.29) is 16.8 Å².